The van der Waals surface area contributed by atoms with Crippen LogP contribution in [0.15, 0.2) is 18.2 Å². The Kier molecular flexibility index (Phi) is 5.26. The lowest BCUT2D eigenvalue weighted by atomic mass is 10.2. The first-order chi connectivity index (χ1) is 10.4. The molecule has 0 heterocycles. The lowest BCUT2D eigenvalue weighted by molar-refractivity contribution is 0.0827. The van der Waals surface area contributed by atoms with Gasteiger partial charge in [0.25, 0.3) is 5.91 Å². The number of nitrogens with two attached hydrogens (primary N) is 1. The molecule has 3 amide bonds. The van der Waals surface area contributed by atoms with E-state index in [9.17, 15) is 9.59 Å². The van der Waals surface area contributed by atoms with Crippen molar-refractivity contribution in [1.82, 2.24) is 10.2 Å². The van der Waals surface area contributed by atoms with Gasteiger partial charge in [0.05, 0.1) is 10.7 Å². The van der Waals surface area contributed by atoms with Gasteiger partial charge in [-0.25, -0.2) is 4.79 Å². The Bertz CT molecular complexity index is 577. The molecule has 2 unspecified atom stereocenters. The highest BCUT2D eigenvalue weighted by Gasteiger charge is 2.35. The first kappa shape index (κ1) is 16.6. The number of nitrogens with zero attached hydrogens (tertiary/aromatic N) is 1. The minimum atomic E-state index is -0.334. The molecule has 1 aromatic rings. The minimum absolute atomic E-state index is 0.149. The van der Waals surface area contributed by atoms with Crippen LogP contribution >= 0.6 is 11.6 Å². The summed E-state index contributed by atoms with van der Waals surface area (Å²) in [6.45, 7) is 1.26. The van der Waals surface area contributed by atoms with E-state index in [1.807, 2.05) is 0 Å². The highest BCUT2D eigenvalue weighted by atomic mass is 35.5. The number of urea groups is 1. The molecule has 1 fully saturated rings. The predicted octanol–water partition coefficient (Wildman–Crippen LogP) is 1.76. The van der Waals surface area contributed by atoms with Gasteiger partial charge in [0, 0.05) is 26.2 Å². The lowest BCUT2D eigenvalue weighted by Gasteiger charge is -2.13. The first-order valence-corrected chi connectivity index (χ1v) is 7.56. The second-order valence-electron chi connectivity index (χ2n) is 5.72. The second kappa shape index (κ2) is 6.98. The summed E-state index contributed by atoms with van der Waals surface area (Å²) in [7, 11) is 3.33. The molecular formula is C15H21ClN4O2. The number of anilines is 1. The molecule has 7 heteroatoms. The third kappa shape index (κ3) is 4.11. The quantitative estimate of drug-likeness (QED) is 0.771. The van der Waals surface area contributed by atoms with E-state index in [4.69, 9.17) is 17.3 Å². The average Bonchev–Trinajstić information content (AvgIpc) is 3.25. The third-order valence-corrected chi connectivity index (χ3v) is 4.09. The van der Waals surface area contributed by atoms with E-state index in [1.54, 1.807) is 32.3 Å². The molecule has 2 rings (SSSR count). The highest BCUT2D eigenvalue weighted by molar-refractivity contribution is 6.33. The van der Waals surface area contributed by atoms with E-state index in [1.165, 1.54) is 4.90 Å². The monoisotopic (exact) mass is 324 g/mol. The van der Waals surface area contributed by atoms with Crippen LogP contribution in [0.4, 0.5) is 10.5 Å². The van der Waals surface area contributed by atoms with Crippen molar-refractivity contribution in [3.8, 4) is 0 Å². The van der Waals surface area contributed by atoms with E-state index >= 15 is 0 Å². The van der Waals surface area contributed by atoms with E-state index < -0.39 is 0 Å². The molecule has 0 bridgehead atoms. The molecule has 0 radical (unpaired) electrons. The Hall–Kier alpha value is -1.79. The molecule has 1 aromatic carbocycles. The molecule has 1 aliphatic carbocycles. The van der Waals surface area contributed by atoms with Crippen molar-refractivity contribution in [2.45, 2.75) is 6.42 Å². The molecule has 2 atom stereocenters. The van der Waals surface area contributed by atoms with Gasteiger partial charge in [-0.3, -0.25) is 4.79 Å². The summed E-state index contributed by atoms with van der Waals surface area (Å²) >= 11 is 6.06. The smallest absolute Gasteiger partial charge is 0.319 e. The molecule has 6 nitrogen and oxygen atoms in total. The van der Waals surface area contributed by atoms with Crippen LogP contribution in [0.2, 0.25) is 5.02 Å². The van der Waals surface area contributed by atoms with Crippen molar-refractivity contribution in [2.75, 3.05) is 32.5 Å². The Morgan fingerprint density at radius 3 is 2.68 bits per heavy atom. The fourth-order valence-electron chi connectivity index (χ4n) is 2.25. The van der Waals surface area contributed by atoms with Crippen molar-refractivity contribution in [2.24, 2.45) is 17.6 Å². The van der Waals surface area contributed by atoms with E-state index in [0.29, 0.717) is 41.2 Å². The van der Waals surface area contributed by atoms with Crippen LogP contribution in [-0.2, 0) is 0 Å². The number of halogens is 1. The largest absolute Gasteiger partial charge is 0.345 e. The third-order valence-electron chi connectivity index (χ3n) is 3.76. The predicted molar refractivity (Wildman–Crippen MR) is 87.1 cm³/mol. The second-order valence-corrected chi connectivity index (χ2v) is 6.13. The number of benzene rings is 1. The van der Waals surface area contributed by atoms with Gasteiger partial charge in [-0.15, -0.1) is 0 Å². The average molecular weight is 325 g/mol. The SMILES string of the molecule is CN(C)C(=O)c1ccc(Cl)c(NC(=O)NCC2CC2CN)c1. The molecule has 0 spiro atoms. The summed E-state index contributed by atoms with van der Waals surface area (Å²) in [5, 5.41) is 5.86. The van der Waals surface area contributed by atoms with Crippen molar-refractivity contribution >= 4 is 29.2 Å². The summed E-state index contributed by atoms with van der Waals surface area (Å²) < 4.78 is 0. The molecule has 120 valence electrons. The van der Waals surface area contributed by atoms with Crippen molar-refractivity contribution in [3.63, 3.8) is 0 Å². The molecular weight excluding hydrogens is 304 g/mol. The lowest BCUT2D eigenvalue weighted by Crippen LogP contribution is -2.31. The number of hydrogen-bond acceptors (Lipinski definition) is 3. The van der Waals surface area contributed by atoms with Crippen molar-refractivity contribution < 1.29 is 9.59 Å². The van der Waals surface area contributed by atoms with Gasteiger partial charge >= 0.3 is 6.03 Å². The Morgan fingerprint density at radius 2 is 2.09 bits per heavy atom. The van der Waals surface area contributed by atoms with Crippen molar-refractivity contribution in [3.05, 3.63) is 28.8 Å². The zero-order valence-corrected chi connectivity index (χ0v) is 13.5. The standard InChI is InChI=1S/C15H21ClN4O2/c1-20(2)14(21)9-3-4-12(16)13(6-9)19-15(22)18-8-11-5-10(11)7-17/h3-4,6,10-11H,5,7-8,17H2,1-2H3,(H2,18,19,22). The summed E-state index contributed by atoms with van der Waals surface area (Å²) in [6.07, 6.45) is 1.06. The zero-order valence-electron chi connectivity index (χ0n) is 12.7. The van der Waals surface area contributed by atoms with Crippen LogP contribution in [0, 0.1) is 11.8 Å². The molecule has 0 aromatic heterocycles. The highest BCUT2D eigenvalue weighted by Crippen LogP contribution is 2.36. The van der Waals surface area contributed by atoms with Crippen LogP contribution in [0.25, 0.3) is 0 Å². The van der Waals surface area contributed by atoms with Crippen LogP contribution in [0.5, 0.6) is 0 Å². The summed E-state index contributed by atoms with van der Waals surface area (Å²) in [4.78, 5) is 25.3. The number of carbonyl (C=O) groups is 2. The minimum Gasteiger partial charge on any atom is -0.345 e. The molecule has 1 aliphatic rings. The number of nitrogens with one attached hydrogen (secondary N) is 2. The first-order valence-electron chi connectivity index (χ1n) is 7.18. The van der Waals surface area contributed by atoms with Gasteiger partial charge in [0.2, 0.25) is 0 Å². The number of carbonyl (C=O) groups excluding carboxylic acids is 2. The van der Waals surface area contributed by atoms with E-state index in [-0.39, 0.29) is 11.9 Å². The zero-order chi connectivity index (χ0) is 16.3. The van der Waals surface area contributed by atoms with Gasteiger partial charge in [-0.2, -0.15) is 0 Å². The maximum Gasteiger partial charge on any atom is 0.319 e. The normalized spacial score (nSPS) is 19.5. The van der Waals surface area contributed by atoms with E-state index in [0.717, 1.165) is 6.42 Å². The summed E-state index contributed by atoms with van der Waals surface area (Å²) in [6, 6.07) is 4.46. The van der Waals surface area contributed by atoms with Gasteiger partial charge in [-0.05, 0) is 43.0 Å². The van der Waals surface area contributed by atoms with Crippen LogP contribution in [0.3, 0.4) is 0 Å². The Labute approximate surface area is 135 Å². The maximum absolute atomic E-state index is 11.9. The van der Waals surface area contributed by atoms with Crippen LogP contribution < -0.4 is 16.4 Å². The Balaban J connectivity index is 1.95. The van der Waals surface area contributed by atoms with Crippen LogP contribution in [0.1, 0.15) is 16.8 Å². The molecule has 4 N–H and O–H groups in total. The number of rotatable bonds is 5. The fraction of sp³-hybridized carbons (Fsp3) is 0.467. The van der Waals surface area contributed by atoms with E-state index in [2.05, 4.69) is 10.6 Å². The summed E-state index contributed by atoms with van der Waals surface area (Å²) in [5.41, 5.74) is 6.44. The molecule has 0 saturated heterocycles. The number of hydrogen-bond donors (Lipinski definition) is 3. The molecule has 22 heavy (non-hydrogen) atoms. The molecule has 1 saturated carbocycles. The fourth-order valence-corrected chi connectivity index (χ4v) is 2.42. The maximum atomic E-state index is 11.9. The topological polar surface area (TPSA) is 87.5 Å². The van der Waals surface area contributed by atoms with Gasteiger partial charge in [-0.1, -0.05) is 11.6 Å². The Morgan fingerprint density at radius 1 is 1.36 bits per heavy atom. The molecule has 0 aliphatic heterocycles. The number of amides is 3. The van der Waals surface area contributed by atoms with Gasteiger partial charge in [0.1, 0.15) is 0 Å². The van der Waals surface area contributed by atoms with Gasteiger partial charge < -0.3 is 21.3 Å². The van der Waals surface area contributed by atoms with Crippen molar-refractivity contribution in [1.29, 1.82) is 0 Å². The van der Waals surface area contributed by atoms with Crippen LogP contribution in [-0.4, -0.2) is 44.0 Å². The van der Waals surface area contributed by atoms with Gasteiger partial charge in [0.15, 0.2) is 0 Å². The summed E-state index contributed by atoms with van der Waals surface area (Å²) in [5.74, 6) is 0.835.